The molecule has 1 saturated heterocycles. The standard InChI is InChI=1S/C14H19ClN4O2/c1-10-9-11(15)3-4-12(10)16-13(20)14(21)17-19-7-5-18(2)6-8-19/h3-4,9H,5-8H2,1-2H3,(H,16,20)(H,17,21). The summed E-state index contributed by atoms with van der Waals surface area (Å²) in [5, 5.41) is 4.94. The number of anilines is 1. The van der Waals surface area contributed by atoms with Gasteiger partial charge >= 0.3 is 11.8 Å². The van der Waals surface area contributed by atoms with Gasteiger partial charge in [0.15, 0.2) is 0 Å². The van der Waals surface area contributed by atoms with Crippen molar-refractivity contribution in [3.8, 4) is 0 Å². The summed E-state index contributed by atoms with van der Waals surface area (Å²) in [6, 6.07) is 5.08. The van der Waals surface area contributed by atoms with Gasteiger partial charge in [0.2, 0.25) is 0 Å². The second-order valence-electron chi connectivity index (χ2n) is 5.14. The summed E-state index contributed by atoms with van der Waals surface area (Å²) in [6.07, 6.45) is 0. The molecule has 1 heterocycles. The highest BCUT2D eigenvalue weighted by atomic mass is 35.5. The molecule has 0 bridgehead atoms. The maximum atomic E-state index is 11.9. The van der Waals surface area contributed by atoms with Gasteiger partial charge in [-0.2, -0.15) is 0 Å². The predicted molar refractivity (Wildman–Crippen MR) is 82.0 cm³/mol. The van der Waals surface area contributed by atoms with Gasteiger partial charge in [-0.1, -0.05) is 11.6 Å². The zero-order valence-corrected chi connectivity index (χ0v) is 12.9. The Morgan fingerprint density at radius 1 is 1.14 bits per heavy atom. The summed E-state index contributed by atoms with van der Waals surface area (Å²) in [5.74, 6) is -1.34. The van der Waals surface area contributed by atoms with Crippen molar-refractivity contribution in [1.82, 2.24) is 15.3 Å². The number of piperazine rings is 1. The molecule has 1 aromatic carbocycles. The molecule has 0 spiro atoms. The minimum atomic E-state index is -0.681. The second kappa shape index (κ2) is 6.89. The zero-order valence-electron chi connectivity index (χ0n) is 12.1. The second-order valence-corrected chi connectivity index (χ2v) is 5.58. The number of halogens is 1. The lowest BCUT2D eigenvalue weighted by Crippen LogP contribution is -2.54. The van der Waals surface area contributed by atoms with Gasteiger partial charge in [0.25, 0.3) is 0 Å². The van der Waals surface area contributed by atoms with E-state index in [0.717, 1.165) is 18.7 Å². The van der Waals surface area contributed by atoms with Gasteiger partial charge < -0.3 is 10.2 Å². The van der Waals surface area contributed by atoms with E-state index in [-0.39, 0.29) is 0 Å². The highest BCUT2D eigenvalue weighted by Gasteiger charge is 2.20. The molecule has 1 fully saturated rings. The number of rotatable bonds is 2. The van der Waals surface area contributed by atoms with Crippen LogP contribution in [0.25, 0.3) is 0 Å². The first-order chi connectivity index (χ1) is 9.95. The average Bonchev–Trinajstić information content (AvgIpc) is 2.44. The van der Waals surface area contributed by atoms with Crippen LogP contribution in [0.15, 0.2) is 18.2 Å². The number of carbonyl (C=O) groups excluding carboxylic acids is 2. The molecule has 114 valence electrons. The molecule has 0 aliphatic carbocycles. The quantitative estimate of drug-likeness (QED) is 0.796. The van der Waals surface area contributed by atoms with Crippen molar-refractivity contribution in [1.29, 1.82) is 0 Å². The fourth-order valence-electron chi connectivity index (χ4n) is 2.06. The molecule has 0 unspecified atom stereocenters. The monoisotopic (exact) mass is 310 g/mol. The molecule has 0 radical (unpaired) electrons. The molecule has 7 heteroatoms. The van der Waals surface area contributed by atoms with Gasteiger partial charge in [-0.05, 0) is 37.7 Å². The summed E-state index contributed by atoms with van der Waals surface area (Å²) in [5.41, 5.74) is 4.01. The number of likely N-dealkylation sites (N-methyl/N-ethyl adjacent to an activating group) is 1. The first-order valence-corrected chi connectivity index (χ1v) is 7.15. The van der Waals surface area contributed by atoms with Crippen LogP contribution in [0, 0.1) is 6.92 Å². The van der Waals surface area contributed by atoms with Crippen LogP contribution in [-0.4, -0.2) is 54.9 Å². The van der Waals surface area contributed by atoms with Crippen LogP contribution in [0.5, 0.6) is 0 Å². The van der Waals surface area contributed by atoms with Gasteiger partial charge in [-0.25, -0.2) is 5.01 Å². The van der Waals surface area contributed by atoms with E-state index >= 15 is 0 Å². The van der Waals surface area contributed by atoms with E-state index in [9.17, 15) is 9.59 Å². The molecule has 0 aromatic heterocycles. The first-order valence-electron chi connectivity index (χ1n) is 6.77. The molecule has 1 aliphatic heterocycles. The third kappa shape index (κ3) is 4.42. The molecule has 21 heavy (non-hydrogen) atoms. The van der Waals surface area contributed by atoms with Crippen LogP contribution >= 0.6 is 11.6 Å². The lowest BCUT2D eigenvalue weighted by molar-refractivity contribution is -0.139. The van der Waals surface area contributed by atoms with Crippen molar-refractivity contribution >= 4 is 29.1 Å². The van der Waals surface area contributed by atoms with Crippen molar-refractivity contribution in [2.45, 2.75) is 6.92 Å². The van der Waals surface area contributed by atoms with E-state index in [0.29, 0.717) is 23.8 Å². The van der Waals surface area contributed by atoms with E-state index < -0.39 is 11.8 Å². The molecule has 2 rings (SSSR count). The van der Waals surface area contributed by atoms with E-state index in [2.05, 4.69) is 15.6 Å². The number of hydrogen-bond donors (Lipinski definition) is 2. The Labute approximate surface area is 129 Å². The van der Waals surface area contributed by atoms with Crippen LogP contribution < -0.4 is 10.7 Å². The normalized spacial score (nSPS) is 16.5. The van der Waals surface area contributed by atoms with Crippen molar-refractivity contribution in [2.75, 3.05) is 38.5 Å². The largest absolute Gasteiger partial charge is 0.323 e. The molecule has 0 saturated carbocycles. The Morgan fingerprint density at radius 3 is 2.43 bits per heavy atom. The lowest BCUT2D eigenvalue weighted by Gasteiger charge is -2.32. The molecular weight excluding hydrogens is 292 g/mol. The number of aryl methyl sites for hydroxylation is 1. The Bertz CT molecular complexity index is 542. The van der Waals surface area contributed by atoms with Gasteiger partial charge in [0.05, 0.1) is 0 Å². The first kappa shape index (κ1) is 15.8. The van der Waals surface area contributed by atoms with Crippen molar-refractivity contribution in [2.24, 2.45) is 0 Å². The van der Waals surface area contributed by atoms with Crippen LogP contribution in [0.3, 0.4) is 0 Å². The summed E-state index contributed by atoms with van der Waals surface area (Å²) < 4.78 is 0. The van der Waals surface area contributed by atoms with Gasteiger partial charge in [-0.3, -0.25) is 15.0 Å². The summed E-state index contributed by atoms with van der Waals surface area (Å²) in [7, 11) is 2.02. The number of hydrogen-bond acceptors (Lipinski definition) is 4. The topological polar surface area (TPSA) is 64.7 Å². The predicted octanol–water partition coefficient (Wildman–Crippen LogP) is 0.866. The number of nitrogens with zero attached hydrogens (tertiary/aromatic N) is 2. The van der Waals surface area contributed by atoms with Gasteiger partial charge in [0, 0.05) is 36.9 Å². The molecule has 2 amide bonds. The van der Waals surface area contributed by atoms with Crippen molar-refractivity contribution in [3.05, 3.63) is 28.8 Å². The van der Waals surface area contributed by atoms with E-state index in [1.165, 1.54) is 0 Å². The summed E-state index contributed by atoms with van der Waals surface area (Å²) in [6.45, 7) is 4.95. The molecule has 6 nitrogen and oxygen atoms in total. The van der Waals surface area contributed by atoms with E-state index in [1.54, 1.807) is 23.2 Å². The van der Waals surface area contributed by atoms with Gasteiger partial charge in [0.1, 0.15) is 0 Å². The van der Waals surface area contributed by atoms with E-state index in [4.69, 9.17) is 11.6 Å². The SMILES string of the molecule is Cc1cc(Cl)ccc1NC(=O)C(=O)NN1CCN(C)CC1. The number of amides is 2. The van der Waals surface area contributed by atoms with Gasteiger partial charge in [-0.15, -0.1) is 0 Å². The zero-order chi connectivity index (χ0) is 15.4. The number of benzene rings is 1. The fraction of sp³-hybridized carbons (Fsp3) is 0.429. The summed E-state index contributed by atoms with van der Waals surface area (Å²) in [4.78, 5) is 25.9. The van der Waals surface area contributed by atoms with Crippen LogP contribution in [0.4, 0.5) is 5.69 Å². The van der Waals surface area contributed by atoms with Crippen LogP contribution in [0.1, 0.15) is 5.56 Å². The molecule has 2 N–H and O–H groups in total. The third-order valence-corrected chi connectivity index (χ3v) is 3.64. The molecule has 0 atom stereocenters. The minimum absolute atomic E-state index is 0.581. The smallest absolute Gasteiger partial charge is 0.317 e. The highest BCUT2D eigenvalue weighted by Crippen LogP contribution is 2.19. The maximum absolute atomic E-state index is 11.9. The average molecular weight is 311 g/mol. The molecule has 1 aliphatic rings. The Kier molecular flexibility index (Phi) is 5.17. The summed E-state index contributed by atoms with van der Waals surface area (Å²) >= 11 is 5.85. The third-order valence-electron chi connectivity index (χ3n) is 3.41. The van der Waals surface area contributed by atoms with Crippen LogP contribution in [-0.2, 0) is 9.59 Å². The number of hydrazine groups is 1. The van der Waals surface area contributed by atoms with Crippen LogP contribution in [0.2, 0.25) is 5.02 Å². The highest BCUT2D eigenvalue weighted by molar-refractivity contribution is 6.39. The lowest BCUT2D eigenvalue weighted by atomic mass is 10.2. The molecule has 1 aromatic rings. The number of carbonyl (C=O) groups is 2. The van der Waals surface area contributed by atoms with E-state index in [1.807, 2.05) is 14.0 Å². The molecular formula is C14H19ClN4O2. The van der Waals surface area contributed by atoms with Crippen molar-refractivity contribution < 1.29 is 9.59 Å². The Hall–Kier alpha value is -1.63. The number of nitrogens with one attached hydrogen (secondary N) is 2. The fourth-order valence-corrected chi connectivity index (χ4v) is 2.29. The maximum Gasteiger partial charge on any atom is 0.323 e. The minimum Gasteiger partial charge on any atom is -0.317 e. The Balaban J connectivity index is 1.89. The Morgan fingerprint density at radius 2 is 1.81 bits per heavy atom. The van der Waals surface area contributed by atoms with Crippen molar-refractivity contribution in [3.63, 3.8) is 0 Å².